The van der Waals surface area contributed by atoms with E-state index in [-0.39, 0.29) is 6.42 Å². The standard InChI is InChI=1S/C11H17ClN2O2S/c1-3-8-11(12)9(14(4-2)13-8)7-17-6-5-10(15)16/h3-7H2,1-2H3,(H,15,16). The molecular formula is C11H17ClN2O2S. The average Bonchev–Trinajstić information content (AvgIpc) is 2.61. The van der Waals surface area contributed by atoms with Crippen molar-refractivity contribution in [1.29, 1.82) is 0 Å². The van der Waals surface area contributed by atoms with E-state index in [1.54, 1.807) is 11.8 Å². The number of thioether (sulfide) groups is 1. The van der Waals surface area contributed by atoms with Gasteiger partial charge in [0.05, 0.1) is 22.8 Å². The molecule has 1 aromatic rings. The molecule has 0 saturated heterocycles. The molecule has 0 atom stereocenters. The summed E-state index contributed by atoms with van der Waals surface area (Å²) in [4.78, 5) is 10.4. The maximum absolute atomic E-state index is 10.4. The van der Waals surface area contributed by atoms with Crippen LogP contribution in [-0.2, 0) is 23.5 Å². The lowest BCUT2D eigenvalue weighted by Gasteiger charge is -2.04. The van der Waals surface area contributed by atoms with E-state index in [2.05, 4.69) is 5.10 Å². The van der Waals surface area contributed by atoms with Crippen LogP contribution in [0.4, 0.5) is 0 Å². The van der Waals surface area contributed by atoms with Crippen molar-refractivity contribution in [2.45, 2.75) is 39.0 Å². The summed E-state index contributed by atoms with van der Waals surface area (Å²) in [6, 6.07) is 0. The quantitative estimate of drug-likeness (QED) is 0.778. The van der Waals surface area contributed by atoms with Crippen molar-refractivity contribution in [2.75, 3.05) is 5.75 Å². The molecule has 4 nitrogen and oxygen atoms in total. The van der Waals surface area contributed by atoms with Gasteiger partial charge in [0.15, 0.2) is 0 Å². The summed E-state index contributed by atoms with van der Waals surface area (Å²) in [5.74, 6) is 0.552. The van der Waals surface area contributed by atoms with Crippen molar-refractivity contribution in [1.82, 2.24) is 9.78 Å². The second-order valence-corrected chi connectivity index (χ2v) is 5.06. The molecule has 96 valence electrons. The minimum absolute atomic E-state index is 0.184. The molecule has 6 heteroatoms. The normalized spacial score (nSPS) is 10.8. The molecule has 17 heavy (non-hydrogen) atoms. The number of carboxylic acids is 1. The molecule has 0 spiro atoms. The monoisotopic (exact) mass is 276 g/mol. The van der Waals surface area contributed by atoms with E-state index >= 15 is 0 Å². The summed E-state index contributed by atoms with van der Waals surface area (Å²) >= 11 is 7.81. The first-order chi connectivity index (χ1) is 8.10. The number of aryl methyl sites for hydroxylation is 2. The van der Waals surface area contributed by atoms with Crippen LogP contribution in [0.2, 0.25) is 5.02 Å². The maximum atomic E-state index is 10.4. The summed E-state index contributed by atoms with van der Waals surface area (Å²) in [5.41, 5.74) is 1.92. The molecule has 0 aromatic carbocycles. The fourth-order valence-electron chi connectivity index (χ4n) is 1.48. The number of nitrogens with zero attached hydrogens (tertiary/aromatic N) is 2. The number of carbonyl (C=O) groups is 1. The Hall–Kier alpha value is -0.680. The Bertz CT molecular complexity index is 393. The Balaban J connectivity index is 2.62. The Labute approximate surface area is 110 Å². The molecule has 1 rings (SSSR count). The van der Waals surface area contributed by atoms with Gasteiger partial charge in [-0.3, -0.25) is 9.48 Å². The van der Waals surface area contributed by atoms with Crippen LogP contribution in [0.3, 0.4) is 0 Å². The van der Waals surface area contributed by atoms with E-state index < -0.39 is 5.97 Å². The second-order valence-electron chi connectivity index (χ2n) is 3.57. The van der Waals surface area contributed by atoms with Crippen LogP contribution in [0, 0.1) is 0 Å². The zero-order valence-electron chi connectivity index (χ0n) is 10.1. The van der Waals surface area contributed by atoms with Crippen molar-refractivity contribution in [3.8, 4) is 0 Å². The summed E-state index contributed by atoms with van der Waals surface area (Å²) < 4.78 is 1.90. The van der Waals surface area contributed by atoms with E-state index in [4.69, 9.17) is 16.7 Å². The highest BCUT2D eigenvalue weighted by Gasteiger charge is 2.13. The van der Waals surface area contributed by atoms with Crippen molar-refractivity contribution in [3.63, 3.8) is 0 Å². The Morgan fingerprint density at radius 1 is 1.53 bits per heavy atom. The van der Waals surface area contributed by atoms with Crippen LogP contribution in [0.1, 0.15) is 31.7 Å². The van der Waals surface area contributed by atoms with Gasteiger partial charge in [-0.05, 0) is 13.3 Å². The van der Waals surface area contributed by atoms with Gasteiger partial charge in [-0.1, -0.05) is 18.5 Å². The Morgan fingerprint density at radius 2 is 2.24 bits per heavy atom. The molecule has 1 N–H and O–H groups in total. The van der Waals surface area contributed by atoms with Crippen LogP contribution in [0.15, 0.2) is 0 Å². The number of halogens is 1. The van der Waals surface area contributed by atoms with Gasteiger partial charge < -0.3 is 5.11 Å². The third-order valence-corrected chi connectivity index (χ3v) is 3.80. The van der Waals surface area contributed by atoms with Gasteiger partial charge in [0.25, 0.3) is 0 Å². The van der Waals surface area contributed by atoms with Gasteiger partial charge in [-0.25, -0.2) is 0 Å². The van der Waals surface area contributed by atoms with Gasteiger partial charge in [0, 0.05) is 18.1 Å². The van der Waals surface area contributed by atoms with E-state index in [0.29, 0.717) is 11.5 Å². The SMILES string of the molecule is CCc1nn(CC)c(CSCCC(=O)O)c1Cl. The smallest absolute Gasteiger partial charge is 0.304 e. The van der Waals surface area contributed by atoms with Gasteiger partial charge in [-0.2, -0.15) is 16.9 Å². The molecule has 0 aliphatic heterocycles. The summed E-state index contributed by atoms with van der Waals surface area (Å²) in [6.45, 7) is 4.83. The van der Waals surface area contributed by atoms with Crippen LogP contribution < -0.4 is 0 Å². The predicted molar refractivity (Wildman–Crippen MR) is 70.7 cm³/mol. The van der Waals surface area contributed by atoms with Crippen LogP contribution in [0.5, 0.6) is 0 Å². The first-order valence-corrected chi connectivity index (χ1v) is 7.17. The summed E-state index contributed by atoms with van der Waals surface area (Å²) in [7, 11) is 0. The lowest BCUT2D eigenvalue weighted by Crippen LogP contribution is -2.03. The maximum Gasteiger partial charge on any atom is 0.304 e. The Morgan fingerprint density at radius 3 is 2.76 bits per heavy atom. The zero-order valence-corrected chi connectivity index (χ0v) is 11.6. The number of aliphatic carboxylic acids is 1. The van der Waals surface area contributed by atoms with Crippen molar-refractivity contribution < 1.29 is 9.90 Å². The third-order valence-electron chi connectivity index (χ3n) is 2.39. The number of hydrogen-bond donors (Lipinski definition) is 1. The van der Waals surface area contributed by atoms with Crippen molar-refractivity contribution in [3.05, 3.63) is 16.4 Å². The minimum Gasteiger partial charge on any atom is -0.481 e. The highest BCUT2D eigenvalue weighted by atomic mass is 35.5. The second kappa shape index (κ2) is 6.91. The van der Waals surface area contributed by atoms with Crippen LogP contribution >= 0.6 is 23.4 Å². The molecular weight excluding hydrogens is 260 g/mol. The molecule has 1 heterocycles. The number of hydrogen-bond acceptors (Lipinski definition) is 3. The summed E-state index contributed by atoms with van der Waals surface area (Å²) in [6.07, 6.45) is 1.00. The molecule has 0 aliphatic carbocycles. The molecule has 0 saturated carbocycles. The molecule has 0 radical (unpaired) electrons. The molecule has 1 aromatic heterocycles. The number of aromatic nitrogens is 2. The van der Waals surface area contributed by atoms with E-state index in [0.717, 1.165) is 29.4 Å². The van der Waals surface area contributed by atoms with Gasteiger partial charge in [0.2, 0.25) is 0 Å². The van der Waals surface area contributed by atoms with Gasteiger partial charge in [-0.15, -0.1) is 0 Å². The topological polar surface area (TPSA) is 55.1 Å². The molecule has 0 aliphatic rings. The minimum atomic E-state index is -0.762. The average molecular weight is 277 g/mol. The molecule has 0 bridgehead atoms. The lowest BCUT2D eigenvalue weighted by molar-refractivity contribution is -0.136. The predicted octanol–water partition coefficient (Wildman–Crippen LogP) is 2.83. The van der Waals surface area contributed by atoms with Crippen molar-refractivity contribution in [2.24, 2.45) is 0 Å². The fourth-order valence-corrected chi connectivity index (χ4v) is 2.85. The molecule has 0 fully saturated rings. The number of rotatable bonds is 7. The summed E-state index contributed by atoms with van der Waals surface area (Å²) in [5, 5.41) is 13.7. The van der Waals surface area contributed by atoms with Crippen LogP contribution in [0.25, 0.3) is 0 Å². The fraction of sp³-hybridized carbons (Fsp3) is 0.636. The molecule has 0 unspecified atom stereocenters. The first-order valence-electron chi connectivity index (χ1n) is 5.63. The largest absolute Gasteiger partial charge is 0.481 e. The first kappa shape index (κ1) is 14.4. The Kier molecular flexibility index (Phi) is 5.85. The third kappa shape index (κ3) is 3.92. The highest BCUT2D eigenvalue weighted by molar-refractivity contribution is 7.98. The zero-order chi connectivity index (χ0) is 12.8. The van der Waals surface area contributed by atoms with Gasteiger partial charge in [0.1, 0.15) is 0 Å². The number of carboxylic acid groups (broad SMARTS) is 1. The van der Waals surface area contributed by atoms with E-state index in [1.807, 2.05) is 18.5 Å². The van der Waals surface area contributed by atoms with E-state index in [9.17, 15) is 4.79 Å². The highest BCUT2D eigenvalue weighted by Crippen LogP contribution is 2.25. The van der Waals surface area contributed by atoms with Gasteiger partial charge >= 0.3 is 5.97 Å². The van der Waals surface area contributed by atoms with Crippen molar-refractivity contribution >= 4 is 29.3 Å². The van der Waals surface area contributed by atoms with E-state index in [1.165, 1.54) is 0 Å². The van der Waals surface area contributed by atoms with Crippen LogP contribution in [-0.4, -0.2) is 26.6 Å². The molecule has 0 amide bonds. The lowest BCUT2D eigenvalue weighted by atomic mass is 10.3.